The highest BCUT2D eigenvalue weighted by Gasteiger charge is 2.34. The Labute approximate surface area is 171 Å². The maximum absolute atomic E-state index is 13.0. The van der Waals surface area contributed by atoms with Crippen molar-refractivity contribution in [1.29, 1.82) is 0 Å². The molecule has 1 aliphatic rings. The third-order valence-electron chi connectivity index (χ3n) is 4.67. The van der Waals surface area contributed by atoms with E-state index in [1.807, 2.05) is 13.8 Å². The van der Waals surface area contributed by atoms with Gasteiger partial charge in [-0.25, -0.2) is 8.42 Å². The number of benzene rings is 1. The lowest BCUT2D eigenvalue weighted by molar-refractivity contribution is -0.137. The summed E-state index contributed by atoms with van der Waals surface area (Å²) in [5, 5.41) is 6.18. The lowest BCUT2D eigenvalue weighted by atomic mass is 10.1. The number of sulfone groups is 1. The van der Waals surface area contributed by atoms with Crippen LogP contribution in [0.4, 0.5) is 18.9 Å². The van der Waals surface area contributed by atoms with E-state index < -0.39 is 32.5 Å². The molecule has 1 aromatic carbocycles. The molecule has 0 spiro atoms. The predicted molar refractivity (Wildman–Crippen MR) is 103 cm³/mol. The van der Waals surface area contributed by atoms with Crippen LogP contribution in [-0.2, 0) is 16.0 Å². The Kier molecular flexibility index (Phi) is 5.70. The first kappa shape index (κ1) is 21.6. The van der Waals surface area contributed by atoms with Gasteiger partial charge in [-0.3, -0.25) is 9.48 Å². The van der Waals surface area contributed by atoms with E-state index in [4.69, 9.17) is 11.6 Å². The van der Waals surface area contributed by atoms with Crippen molar-refractivity contribution in [3.05, 3.63) is 46.2 Å². The van der Waals surface area contributed by atoms with Gasteiger partial charge in [0.2, 0.25) is 0 Å². The summed E-state index contributed by atoms with van der Waals surface area (Å²) in [7, 11) is -3.15. The summed E-state index contributed by atoms with van der Waals surface area (Å²) in [6.45, 7) is 3.76. The van der Waals surface area contributed by atoms with Crippen molar-refractivity contribution < 1.29 is 26.4 Å². The number of nitrogens with zero attached hydrogens (tertiary/aromatic N) is 2. The lowest BCUT2D eigenvalue weighted by Gasteiger charge is -2.15. The molecule has 1 saturated heterocycles. The molecule has 11 heteroatoms. The first-order valence-corrected chi connectivity index (χ1v) is 11.1. The maximum Gasteiger partial charge on any atom is 0.417 e. The molecular weight excluding hydrogens is 431 g/mol. The molecule has 29 heavy (non-hydrogen) atoms. The number of amides is 1. The molecule has 1 amide bonds. The number of halogens is 4. The molecule has 0 saturated carbocycles. The monoisotopic (exact) mass is 449 g/mol. The SMILES string of the molecule is CC(C)c1cc(C(=O)Nc2ccc(Cl)c(C(F)(F)F)c2)nn1C1CCS(=O)(=O)C1. The summed E-state index contributed by atoms with van der Waals surface area (Å²) in [5.74, 6) is -0.718. The topological polar surface area (TPSA) is 81.1 Å². The molecule has 1 fully saturated rings. The Morgan fingerprint density at radius 3 is 2.55 bits per heavy atom. The van der Waals surface area contributed by atoms with Gasteiger partial charge in [0.15, 0.2) is 15.5 Å². The zero-order chi connectivity index (χ0) is 21.6. The van der Waals surface area contributed by atoms with Gasteiger partial charge in [0.1, 0.15) is 0 Å². The van der Waals surface area contributed by atoms with Gasteiger partial charge >= 0.3 is 6.18 Å². The number of carbonyl (C=O) groups excluding carboxylic acids is 1. The second kappa shape index (κ2) is 7.64. The van der Waals surface area contributed by atoms with Gasteiger partial charge in [0.25, 0.3) is 5.91 Å². The van der Waals surface area contributed by atoms with E-state index in [0.717, 1.165) is 12.1 Å². The van der Waals surface area contributed by atoms with Crippen LogP contribution in [0.2, 0.25) is 5.02 Å². The fourth-order valence-electron chi connectivity index (χ4n) is 3.23. The number of alkyl halides is 3. The number of aromatic nitrogens is 2. The molecule has 0 aliphatic carbocycles. The number of rotatable bonds is 4. The second-order valence-corrected chi connectivity index (χ2v) is 9.89. The quantitative estimate of drug-likeness (QED) is 0.755. The number of anilines is 1. The van der Waals surface area contributed by atoms with Gasteiger partial charge in [-0.1, -0.05) is 25.4 Å². The molecule has 2 aromatic rings. The number of carbonyl (C=O) groups is 1. The zero-order valence-electron chi connectivity index (χ0n) is 15.6. The maximum atomic E-state index is 13.0. The summed E-state index contributed by atoms with van der Waals surface area (Å²) in [6.07, 6.45) is -4.25. The standard InChI is InChI=1S/C18H19ClF3N3O3S/c1-10(2)16-8-15(24-25(16)12-5-6-29(27,28)9-12)17(26)23-11-3-4-14(19)13(7-11)18(20,21)22/h3-4,7-8,10,12H,5-6,9H2,1-2H3,(H,23,26). The smallest absolute Gasteiger partial charge is 0.321 e. The lowest BCUT2D eigenvalue weighted by Crippen LogP contribution is -2.18. The third-order valence-corrected chi connectivity index (χ3v) is 6.75. The Hall–Kier alpha value is -2.07. The van der Waals surface area contributed by atoms with Gasteiger partial charge in [-0.05, 0) is 36.6 Å². The van der Waals surface area contributed by atoms with Gasteiger partial charge < -0.3 is 5.32 Å². The highest BCUT2D eigenvalue weighted by Crippen LogP contribution is 2.36. The van der Waals surface area contributed by atoms with E-state index in [0.29, 0.717) is 12.1 Å². The first-order valence-electron chi connectivity index (χ1n) is 8.85. The molecule has 1 unspecified atom stereocenters. The predicted octanol–water partition coefficient (Wildman–Crippen LogP) is 4.29. The van der Waals surface area contributed by atoms with Gasteiger partial charge in [0, 0.05) is 11.4 Å². The Morgan fingerprint density at radius 2 is 2.00 bits per heavy atom. The van der Waals surface area contributed by atoms with Crippen LogP contribution >= 0.6 is 11.6 Å². The van der Waals surface area contributed by atoms with Crippen molar-refractivity contribution in [2.75, 3.05) is 16.8 Å². The van der Waals surface area contributed by atoms with E-state index in [1.165, 1.54) is 12.1 Å². The van der Waals surface area contributed by atoms with Crippen LogP contribution < -0.4 is 5.32 Å². The van der Waals surface area contributed by atoms with Gasteiger partial charge in [-0.2, -0.15) is 18.3 Å². The van der Waals surface area contributed by atoms with E-state index in [9.17, 15) is 26.4 Å². The average Bonchev–Trinajstić information content (AvgIpc) is 3.19. The van der Waals surface area contributed by atoms with Crippen LogP contribution in [0.25, 0.3) is 0 Å². The molecule has 1 N–H and O–H groups in total. The normalized spacial score (nSPS) is 18.9. The fraction of sp³-hybridized carbons (Fsp3) is 0.444. The van der Waals surface area contributed by atoms with E-state index in [-0.39, 0.29) is 34.8 Å². The zero-order valence-corrected chi connectivity index (χ0v) is 17.2. The minimum Gasteiger partial charge on any atom is -0.321 e. The van der Waals surface area contributed by atoms with Crippen molar-refractivity contribution >= 4 is 33.0 Å². The van der Waals surface area contributed by atoms with Gasteiger partial charge in [-0.15, -0.1) is 0 Å². The van der Waals surface area contributed by atoms with Crippen molar-refractivity contribution in [1.82, 2.24) is 9.78 Å². The van der Waals surface area contributed by atoms with Crippen molar-refractivity contribution in [2.45, 2.75) is 38.4 Å². The molecule has 0 bridgehead atoms. The van der Waals surface area contributed by atoms with Crippen LogP contribution in [0.3, 0.4) is 0 Å². The van der Waals surface area contributed by atoms with Crippen LogP contribution in [0, 0.1) is 0 Å². The molecule has 0 radical (unpaired) electrons. The second-order valence-electron chi connectivity index (χ2n) is 7.26. The average molecular weight is 450 g/mol. The minimum absolute atomic E-state index is 0.00140. The van der Waals surface area contributed by atoms with Crippen molar-refractivity contribution in [2.24, 2.45) is 0 Å². The Balaban J connectivity index is 1.88. The molecule has 1 atom stereocenters. The third kappa shape index (κ3) is 4.75. The van der Waals surface area contributed by atoms with Crippen LogP contribution in [-0.4, -0.2) is 35.6 Å². The molecule has 6 nitrogen and oxygen atoms in total. The summed E-state index contributed by atoms with van der Waals surface area (Å²) >= 11 is 5.59. The molecule has 2 heterocycles. The van der Waals surface area contributed by atoms with Crippen LogP contribution in [0.15, 0.2) is 24.3 Å². The highest BCUT2D eigenvalue weighted by atomic mass is 35.5. The Morgan fingerprint density at radius 1 is 1.31 bits per heavy atom. The highest BCUT2D eigenvalue weighted by molar-refractivity contribution is 7.91. The molecule has 1 aliphatic heterocycles. The fourth-order valence-corrected chi connectivity index (χ4v) is 5.14. The molecule has 1 aromatic heterocycles. The van der Waals surface area contributed by atoms with Crippen LogP contribution in [0.5, 0.6) is 0 Å². The van der Waals surface area contributed by atoms with Gasteiger partial charge in [0.05, 0.1) is 28.1 Å². The Bertz CT molecular complexity index is 1050. The summed E-state index contributed by atoms with van der Waals surface area (Å²) in [6, 6.07) is 4.24. The summed E-state index contributed by atoms with van der Waals surface area (Å²) in [5.41, 5.74) is -0.441. The summed E-state index contributed by atoms with van der Waals surface area (Å²) in [4.78, 5) is 12.6. The number of hydrogen-bond donors (Lipinski definition) is 1. The molecule has 158 valence electrons. The van der Waals surface area contributed by atoms with Crippen molar-refractivity contribution in [3.63, 3.8) is 0 Å². The molecular formula is C18H19ClF3N3O3S. The minimum atomic E-state index is -4.65. The largest absolute Gasteiger partial charge is 0.417 e. The van der Waals surface area contributed by atoms with Crippen molar-refractivity contribution in [3.8, 4) is 0 Å². The van der Waals surface area contributed by atoms with E-state index in [2.05, 4.69) is 10.4 Å². The number of nitrogens with one attached hydrogen (secondary N) is 1. The van der Waals surface area contributed by atoms with E-state index in [1.54, 1.807) is 4.68 Å². The first-order chi connectivity index (χ1) is 13.4. The summed E-state index contributed by atoms with van der Waals surface area (Å²) < 4.78 is 64.2. The van der Waals surface area contributed by atoms with E-state index >= 15 is 0 Å². The molecule has 3 rings (SSSR count). The number of hydrogen-bond acceptors (Lipinski definition) is 4. The van der Waals surface area contributed by atoms with Crippen LogP contribution in [0.1, 0.15) is 54.0 Å².